The summed E-state index contributed by atoms with van der Waals surface area (Å²) < 4.78 is 0.889. The topological polar surface area (TPSA) is 17.1 Å². The van der Waals surface area contributed by atoms with Gasteiger partial charge in [-0.05, 0) is 35.5 Å². The number of hydrogen-bond acceptors (Lipinski definition) is 1. The Morgan fingerprint density at radius 1 is 0.833 bits per heavy atom. The Balaban J connectivity index is 1.88. The summed E-state index contributed by atoms with van der Waals surface area (Å²) in [6.45, 7) is 0. The molecule has 6 saturated carbocycles. The number of carbonyl (C=O) groups is 1. The molecule has 6 fully saturated rings. The van der Waals surface area contributed by atoms with Crippen LogP contribution in [-0.4, -0.2) is 9.71 Å². The van der Waals surface area contributed by atoms with E-state index in [1.165, 1.54) is 0 Å². The van der Waals surface area contributed by atoms with Gasteiger partial charge >= 0.3 is 0 Å². The summed E-state index contributed by atoms with van der Waals surface area (Å²) in [5.41, 5.74) is 0. The third-order valence-corrected chi connectivity index (χ3v) is 7.38. The smallest absolute Gasteiger partial charge is 0.140 e. The molecule has 0 aromatic heterocycles. The van der Waals surface area contributed by atoms with Crippen molar-refractivity contribution in [3.05, 3.63) is 0 Å². The van der Waals surface area contributed by atoms with Crippen LogP contribution in [0.15, 0.2) is 0 Å². The zero-order valence-corrected chi connectivity index (χ0v) is 8.64. The number of rotatable bonds is 0. The first-order chi connectivity index (χ1) is 5.82. The van der Waals surface area contributed by atoms with Crippen molar-refractivity contribution in [1.82, 2.24) is 0 Å². The highest BCUT2D eigenvalue weighted by Crippen LogP contribution is 2.88. The van der Waals surface area contributed by atoms with Crippen molar-refractivity contribution >= 4 is 28.4 Å². The lowest BCUT2D eigenvalue weighted by atomic mass is 9.41. The van der Waals surface area contributed by atoms with Crippen LogP contribution in [0.5, 0.6) is 0 Å². The molecule has 9 unspecified atom stereocenters. The Hall–Kier alpha value is 0.400. The van der Waals surface area contributed by atoms with Crippen LogP contribution in [0.25, 0.3) is 0 Å². The molecule has 62 valence electrons. The Morgan fingerprint density at radius 3 is 2.00 bits per heavy atom. The molecule has 0 heterocycles. The summed E-state index contributed by atoms with van der Waals surface area (Å²) in [6.07, 6.45) is 0. The van der Waals surface area contributed by atoms with Crippen molar-refractivity contribution in [1.29, 1.82) is 0 Å². The van der Waals surface area contributed by atoms with E-state index in [9.17, 15) is 4.79 Å². The van der Waals surface area contributed by atoms with Gasteiger partial charge in [0, 0.05) is 15.8 Å². The molecule has 0 radical (unpaired) electrons. The lowest BCUT2D eigenvalue weighted by Crippen LogP contribution is -2.61. The maximum Gasteiger partial charge on any atom is 0.140 e. The maximum atomic E-state index is 11.8. The maximum absolute atomic E-state index is 11.8. The second-order valence-electron chi connectivity index (χ2n) is 5.36. The molecule has 0 amide bonds. The highest BCUT2D eigenvalue weighted by atomic mass is 127. The van der Waals surface area contributed by atoms with Crippen molar-refractivity contribution in [2.45, 2.75) is 3.92 Å². The molecule has 6 aliphatic carbocycles. The molecule has 0 aromatic rings. The predicted octanol–water partition coefficient (Wildman–Crippen LogP) is 1.36. The summed E-state index contributed by atoms with van der Waals surface area (Å²) in [4.78, 5) is 11.8. The number of ketones is 1. The van der Waals surface area contributed by atoms with Gasteiger partial charge in [0.05, 0.1) is 0 Å². The van der Waals surface area contributed by atoms with E-state index in [4.69, 9.17) is 0 Å². The number of Topliss-reactive ketones (excluding diaryl/α,β-unsaturated/α-hetero) is 1. The number of carbonyl (C=O) groups excluding carboxylic acids is 1. The summed E-state index contributed by atoms with van der Waals surface area (Å²) in [5, 5.41) is 0. The second-order valence-corrected chi connectivity index (χ2v) is 6.80. The van der Waals surface area contributed by atoms with Gasteiger partial charge in [0.25, 0.3) is 0 Å². The van der Waals surface area contributed by atoms with E-state index >= 15 is 0 Å². The quantitative estimate of drug-likeness (QED) is 0.480. The molecule has 12 heavy (non-hydrogen) atoms. The molecular weight excluding hydrogens is 263 g/mol. The van der Waals surface area contributed by atoms with E-state index in [0.717, 1.165) is 39.4 Å². The monoisotopic (exact) mass is 272 g/mol. The largest absolute Gasteiger partial charge is 0.299 e. The fourth-order valence-corrected chi connectivity index (χ4v) is 7.65. The van der Waals surface area contributed by atoms with Crippen LogP contribution >= 0.6 is 22.6 Å². The first kappa shape index (κ1) is 5.99. The minimum absolute atomic E-state index is 0.571. The molecule has 0 N–H and O–H groups in total. The average molecular weight is 272 g/mol. The van der Waals surface area contributed by atoms with Gasteiger partial charge in [-0.25, -0.2) is 0 Å². The molecule has 2 heteroatoms. The first-order valence-electron chi connectivity index (χ1n) is 5.00. The Morgan fingerprint density at radius 2 is 1.42 bits per heavy atom. The summed E-state index contributed by atoms with van der Waals surface area (Å²) in [7, 11) is 0. The molecule has 0 spiro atoms. The lowest BCUT2D eigenvalue weighted by Gasteiger charge is -2.62. The van der Waals surface area contributed by atoms with Crippen LogP contribution < -0.4 is 0 Å². The van der Waals surface area contributed by atoms with Gasteiger partial charge in [-0.2, -0.15) is 0 Å². The first-order valence-corrected chi connectivity index (χ1v) is 6.25. The predicted molar refractivity (Wildman–Crippen MR) is 50.7 cm³/mol. The summed E-state index contributed by atoms with van der Waals surface area (Å²) >= 11 is 2.63. The number of halogens is 1. The van der Waals surface area contributed by atoms with Crippen molar-refractivity contribution in [2.24, 2.45) is 47.3 Å². The van der Waals surface area contributed by atoms with Crippen molar-refractivity contribution in [3.8, 4) is 0 Å². The molecule has 0 aliphatic heterocycles. The number of alkyl halides is 1. The van der Waals surface area contributed by atoms with Gasteiger partial charge in [-0.1, -0.05) is 22.6 Å². The summed E-state index contributed by atoms with van der Waals surface area (Å²) in [6, 6.07) is 0. The van der Waals surface area contributed by atoms with Gasteiger partial charge in [-0.3, -0.25) is 4.79 Å². The molecule has 0 aromatic carbocycles. The number of hydrogen-bond donors (Lipinski definition) is 0. The van der Waals surface area contributed by atoms with Crippen molar-refractivity contribution in [2.75, 3.05) is 0 Å². The van der Waals surface area contributed by atoms with Crippen molar-refractivity contribution < 1.29 is 4.79 Å². The van der Waals surface area contributed by atoms with E-state index in [1.54, 1.807) is 0 Å². The van der Waals surface area contributed by atoms with Crippen LogP contribution in [0.4, 0.5) is 0 Å². The zero-order chi connectivity index (χ0) is 7.77. The molecule has 6 aliphatic rings. The standard InChI is InChI=1S/C10H9IO/c11-9-5-1-2-4(5)8-6(9)3(1)7(2)10(8)12/h1-9H. The van der Waals surface area contributed by atoms with Crippen LogP contribution in [0.2, 0.25) is 0 Å². The van der Waals surface area contributed by atoms with E-state index in [1.807, 2.05) is 0 Å². The fourth-order valence-electron chi connectivity index (χ4n) is 5.77. The Kier molecular flexibility index (Phi) is 0.666. The minimum atomic E-state index is 0.571. The highest BCUT2D eigenvalue weighted by molar-refractivity contribution is 14.1. The second kappa shape index (κ2) is 1.33. The fraction of sp³-hybridized carbons (Fsp3) is 0.900. The minimum Gasteiger partial charge on any atom is -0.299 e. The third kappa shape index (κ3) is 0.289. The van der Waals surface area contributed by atoms with Crippen molar-refractivity contribution in [3.63, 3.8) is 0 Å². The molecule has 6 rings (SSSR count). The molecule has 9 atom stereocenters. The average Bonchev–Trinajstić information content (AvgIpc) is 2.45. The van der Waals surface area contributed by atoms with Gasteiger partial charge < -0.3 is 0 Å². The summed E-state index contributed by atoms with van der Waals surface area (Å²) in [5.74, 6) is 7.44. The molecule has 4 bridgehead atoms. The Bertz CT molecular complexity index is 337. The van der Waals surface area contributed by atoms with E-state index in [2.05, 4.69) is 22.6 Å². The highest BCUT2D eigenvalue weighted by Gasteiger charge is 2.89. The normalized spacial score (nSPS) is 84.4. The van der Waals surface area contributed by atoms with Gasteiger partial charge in [-0.15, -0.1) is 0 Å². The SMILES string of the molecule is O=C1C2C3C(I)C4C2C2C1C3C42. The molecule has 0 saturated heterocycles. The van der Waals surface area contributed by atoms with E-state index in [-0.39, 0.29) is 0 Å². The van der Waals surface area contributed by atoms with E-state index in [0.29, 0.717) is 17.6 Å². The molecular formula is C10H9IO. The van der Waals surface area contributed by atoms with E-state index < -0.39 is 0 Å². The van der Waals surface area contributed by atoms with Gasteiger partial charge in [0.15, 0.2) is 0 Å². The third-order valence-electron chi connectivity index (χ3n) is 5.72. The lowest BCUT2D eigenvalue weighted by molar-refractivity contribution is -0.170. The van der Waals surface area contributed by atoms with Crippen LogP contribution in [-0.2, 0) is 4.79 Å². The van der Waals surface area contributed by atoms with Gasteiger partial charge in [0.2, 0.25) is 0 Å². The van der Waals surface area contributed by atoms with Gasteiger partial charge in [0.1, 0.15) is 5.78 Å². The van der Waals surface area contributed by atoms with Crippen LogP contribution in [0.1, 0.15) is 0 Å². The molecule has 1 nitrogen and oxygen atoms in total. The Labute approximate surface area is 84.4 Å². The van der Waals surface area contributed by atoms with Crippen LogP contribution in [0.3, 0.4) is 0 Å². The van der Waals surface area contributed by atoms with Crippen LogP contribution in [0, 0.1) is 47.3 Å². The zero-order valence-electron chi connectivity index (χ0n) is 6.48.